The zero-order valence-electron chi connectivity index (χ0n) is 8.25. The molecule has 0 aliphatic carbocycles. The molecule has 102 valence electrons. The Bertz CT molecular complexity index is 492. The molecule has 1 N–H and O–H groups in total. The number of ether oxygens (including phenoxy) is 1. The first kappa shape index (κ1) is 14.7. The molecular formula is C8H4ClF6NO2. The molecule has 0 saturated carbocycles. The van der Waals surface area contributed by atoms with E-state index in [2.05, 4.69) is 4.74 Å². The van der Waals surface area contributed by atoms with Gasteiger partial charge in [-0.2, -0.15) is 13.2 Å². The van der Waals surface area contributed by atoms with Crippen LogP contribution in [0.4, 0.5) is 26.3 Å². The summed E-state index contributed by atoms with van der Waals surface area (Å²) in [5.74, 6) is -2.20. The lowest BCUT2D eigenvalue weighted by Crippen LogP contribution is -2.26. The Labute approximate surface area is 100 Å². The molecule has 1 aromatic heterocycles. The van der Waals surface area contributed by atoms with E-state index >= 15 is 0 Å². The number of H-pyrrole nitrogens is 1. The molecule has 1 aromatic rings. The molecule has 10 heteroatoms. The van der Waals surface area contributed by atoms with Crippen LogP contribution in [0.1, 0.15) is 11.3 Å². The van der Waals surface area contributed by atoms with Gasteiger partial charge in [-0.3, -0.25) is 4.79 Å². The predicted octanol–water partition coefficient (Wildman–Crippen LogP) is 3.03. The monoisotopic (exact) mass is 295 g/mol. The quantitative estimate of drug-likeness (QED) is 0.673. The minimum atomic E-state index is -5.18. The molecule has 0 aliphatic heterocycles. The highest BCUT2D eigenvalue weighted by Gasteiger charge is 2.38. The lowest BCUT2D eigenvalue weighted by atomic mass is 10.2. The van der Waals surface area contributed by atoms with Crippen LogP contribution in [0.2, 0.25) is 0 Å². The van der Waals surface area contributed by atoms with Crippen LogP contribution in [0, 0.1) is 0 Å². The van der Waals surface area contributed by atoms with Gasteiger partial charge in [0.25, 0.3) is 0 Å². The molecule has 0 radical (unpaired) electrons. The predicted molar refractivity (Wildman–Crippen MR) is 48.3 cm³/mol. The van der Waals surface area contributed by atoms with Crippen LogP contribution in [0.3, 0.4) is 0 Å². The van der Waals surface area contributed by atoms with Crippen molar-refractivity contribution in [3.8, 4) is 5.75 Å². The average molecular weight is 296 g/mol. The van der Waals surface area contributed by atoms with Gasteiger partial charge in [0.2, 0.25) is 5.43 Å². The molecule has 3 nitrogen and oxygen atoms in total. The van der Waals surface area contributed by atoms with Crippen LogP contribution in [-0.4, -0.2) is 11.3 Å². The smallest absolute Gasteiger partial charge is 0.400 e. The van der Waals surface area contributed by atoms with Gasteiger partial charge in [-0.15, -0.1) is 24.8 Å². The Morgan fingerprint density at radius 2 is 1.78 bits per heavy atom. The van der Waals surface area contributed by atoms with Gasteiger partial charge in [-0.05, 0) is 0 Å². The van der Waals surface area contributed by atoms with Crippen molar-refractivity contribution in [2.24, 2.45) is 0 Å². The van der Waals surface area contributed by atoms with Crippen LogP contribution in [-0.2, 0) is 12.1 Å². The summed E-state index contributed by atoms with van der Waals surface area (Å²) in [6.45, 7) is 0. The van der Waals surface area contributed by atoms with Crippen molar-refractivity contribution in [1.82, 2.24) is 4.98 Å². The zero-order chi connectivity index (χ0) is 14.1. The third kappa shape index (κ3) is 3.31. The van der Waals surface area contributed by atoms with Crippen LogP contribution in [0.5, 0.6) is 5.75 Å². The Hall–Kier alpha value is -1.38. The number of pyridine rings is 1. The van der Waals surface area contributed by atoms with Gasteiger partial charge in [-0.25, -0.2) is 0 Å². The number of hydrogen-bond acceptors (Lipinski definition) is 2. The molecule has 0 atom stereocenters. The lowest BCUT2D eigenvalue weighted by molar-refractivity contribution is -0.275. The number of rotatable bonds is 2. The van der Waals surface area contributed by atoms with E-state index in [4.69, 9.17) is 11.6 Å². The molecule has 0 aromatic carbocycles. The Kier molecular flexibility index (Phi) is 3.84. The molecule has 0 fully saturated rings. The summed E-state index contributed by atoms with van der Waals surface area (Å²) >= 11 is 5.13. The Morgan fingerprint density at radius 3 is 2.17 bits per heavy atom. The first-order chi connectivity index (χ1) is 8.06. The highest BCUT2D eigenvalue weighted by molar-refractivity contribution is 6.17. The second kappa shape index (κ2) is 4.71. The van der Waals surface area contributed by atoms with E-state index in [1.54, 1.807) is 0 Å². The number of aromatic amines is 1. The molecule has 0 amide bonds. The second-order valence-corrected chi connectivity index (χ2v) is 3.28. The Morgan fingerprint density at radius 1 is 1.22 bits per heavy atom. The van der Waals surface area contributed by atoms with Crippen molar-refractivity contribution in [2.75, 3.05) is 0 Å². The van der Waals surface area contributed by atoms with Crippen LogP contribution >= 0.6 is 11.6 Å². The van der Waals surface area contributed by atoms with Gasteiger partial charge < -0.3 is 9.72 Å². The summed E-state index contributed by atoms with van der Waals surface area (Å²) < 4.78 is 76.0. The van der Waals surface area contributed by atoms with Crippen LogP contribution in [0.15, 0.2) is 11.0 Å². The van der Waals surface area contributed by atoms with Gasteiger partial charge in [0.05, 0.1) is 5.88 Å². The van der Waals surface area contributed by atoms with Crippen molar-refractivity contribution in [2.45, 2.75) is 18.4 Å². The molecule has 0 spiro atoms. The van der Waals surface area contributed by atoms with E-state index in [1.807, 2.05) is 0 Å². The molecule has 18 heavy (non-hydrogen) atoms. The summed E-state index contributed by atoms with van der Waals surface area (Å²) in [5, 5.41) is 0. The highest BCUT2D eigenvalue weighted by atomic mass is 35.5. The normalized spacial score (nSPS) is 12.6. The van der Waals surface area contributed by atoms with Gasteiger partial charge >= 0.3 is 12.5 Å². The fourth-order valence-corrected chi connectivity index (χ4v) is 1.39. The number of nitrogens with one attached hydrogen (secondary N) is 1. The van der Waals surface area contributed by atoms with Crippen molar-refractivity contribution in [1.29, 1.82) is 0 Å². The van der Waals surface area contributed by atoms with Crippen LogP contribution in [0.25, 0.3) is 0 Å². The minimum Gasteiger partial charge on any atom is -0.400 e. The maximum Gasteiger partial charge on any atom is 0.573 e. The van der Waals surface area contributed by atoms with E-state index < -0.39 is 40.9 Å². The van der Waals surface area contributed by atoms with E-state index in [1.165, 1.54) is 4.98 Å². The van der Waals surface area contributed by atoms with Crippen LogP contribution < -0.4 is 10.2 Å². The number of halogens is 7. The summed E-state index contributed by atoms with van der Waals surface area (Å²) in [7, 11) is 0. The zero-order valence-corrected chi connectivity index (χ0v) is 9.00. The van der Waals surface area contributed by atoms with Crippen molar-refractivity contribution in [3.63, 3.8) is 0 Å². The SMILES string of the molecule is O=c1c(OC(F)(F)F)c[nH]c(C(F)(F)F)c1CCl. The summed E-state index contributed by atoms with van der Waals surface area (Å²) in [5.41, 5.74) is -4.10. The maximum absolute atomic E-state index is 12.4. The molecule has 0 unspecified atom stereocenters. The van der Waals surface area contributed by atoms with Crippen molar-refractivity contribution < 1.29 is 31.1 Å². The van der Waals surface area contributed by atoms with E-state index in [0.717, 1.165) is 0 Å². The van der Waals surface area contributed by atoms with E-state index in [9.17, 15) is 31.1 Å². The Balaban J connectivity index is 3.35. The van der Waals surface area contributed by atoms with Gasteiger partial charge in [-0.1, -0.05) is 0 Å². The third-order valence-electron chi connectivity index (χ3n) is 1.79. The standard InChI is InChI=1S/C8H4ClF6NO2/c9-1-3-5(17)4(18-8(13,14)15)2-16-6(3)7(10,11)12/h2H,1H2,(H,16,17). The summed E-state index contributed by atoms with van der Waals surface area (Å²) in [6.07, 6.45) is -9.93. The van der Waals surface area contributed by atoms with Gasteiger partial charge in [0.15, 0.2) is 5.75 Å². The van der Waals surface area contributed by atoms with Crippen molar-refractivity contribution >= 4 is 11.6 Å². The summed E-state index contributed by atoms with van der Waals surface area (Å²) in [4.78, 5) is 12.8. The first-order valence-electron chi connectivity index (χ1n) is 4.19. The van der Waals surface area contributed by atoms with Crippen molar-refractivity contribution in [3.05, 3.63) is 27.7 Å². The van der Waals surface area contributed by atoms with Gasteiger partial charge in [0, 0.05) is 11.8 Å². The second-order valence-electron chi connectivity index (χ2n) is 3.01. The molecule has 0 aliphatic rings. The molecule has 0 bridgehead atoms. The first-order valence-corrected chi connectivity index (χ1v) is 4.73. The largest absolute Gasteiger partial charge is 0.573 e. The van der Waals surface area contributed by atoms with E-state index in [-0.39, 0.29) is 6.20 Å². The number of alkyl halides is 7. The number of aromatic nitrogens is 1. The fourth-order valence-electron chi connectivity index (χ4n) is 1.13. The topological polar surface area (TPSA) is 42.1 Å². The maximum atomic E-state index is 12.4. The summed E-state index contributed by atoms with van der Waals surface area (Å²) in [6, 6.07) is 0. The molecule has 1 heterocycles. The van der Waals surface area contributed by atoms with E-state index in [0.29, 0.717) is 0 Å². The third-order valence-corrected chi connectivity index (χ3v) is 2.06. The average Bonchev–Trinajstić information content (AvgIpc) is 2.17. The minimum absolute atomic E-state index is 0.189. The lowest BCUT2D eigenvalue weighted by Gasteiger charge is -2.13. The fraction of sp³-hybridized carbons (Fsp3) is 0.375. The molecule has 1 rings (SSSR count). The molecular weight excluding hydrogens is 292 g/mol. The molecule has 0 saturated heterocycles. The highest BCUT2D eigenvalue weighted by Crippen LogP contribution is 2.31. The number of hydrogen-bond donors (Lipinski definition) is 1. The van der Waals surface area contributed by atoms with Gasteiger partial charge in [0.1, 0.15) is 5.69 Å².